The van der Waals surface area contributed by atoms with E-state index >= 15 is 0 Å². The highest BCUT2D eigenvalue weighted by Crippen LogP contribution is 2.38. The van der Waals surface area contributed by atoms with Crippen molar-refractivity contribution >= 4 is 39.4 Å². The summed E-state index contributed by atoms with van der Waals surface area (Å²) in [5.74, 6) is 2.68. The molecule has 4 aromatic rings. The Hall–Kier alpha value is -3.15. The zero-order chi connectivity index (χ0) is 21.3. The average molecular weight is 437 g/mol. The number of benzene rings is 1. The predicted molar refractivity (Wildman–Crippen MR) is 122 cm³/mol. The normalized spacial score (nSPS) is 11.8. The summed E-state index contributed by atoms with van der Waals surface area (Å²) in [6.07, 6.45) is 0. The third-order valence-electron chi connectivity index (χ3n) is 4.77. The second kappa shape index (κ2) is 8.30. The van der Waals surface area contributed by atoms with Gasteiger partial charge >= 0.3 is 0 Å². The Bertz CT molecular complexity index is 1260. The molecule has 1 unspecified atom stereocenters. The molecule has 152 valence electrons. The number of fused-ring (bicyclic) bond motifs is 1. The minimum Gasteiger partial charge on any atom is -0.493 e. The highest BCUT2D eigenvalue weighted by molar-refractivity contribution is 7.16. The number of ether oxygens (including phenoxy) is 2. The molecule has 4 rings (SSSR count). The van der Waals surface area contributed by atoms with Crippen molar-refractivity contribution < 1.29 is 9.47 Å². The third-order valence-corrected chi connectivity index (χ3v) is 6.81. The molecule has 0 saturated heterocycles. The zero-order valence-corrected chi connectivity index (χ0v) is 18.6. The first kappa shape index (κ1) is 20.1. The van der Waals surface area contributed by atoms with Gasteiger partial charge in [-0.05, 0) is 32.0 Å². The molecule has 0 fully saturated rings. The molecule has 8 heteroatoms. The minimum atomic E-state index is 0.0264. The van der Waals surface area contributed by atoms with Crippen molar-refractivity contribution in [3.8, 4) is 28.0 Å². The maximum Gasteiger partial charge on any atom is 0.162 e. The standard InChI is InChI=1S/C22H20N4O2S2/c1-12(20-5-6-21(30-20)16-11-29-10-14(16)9-23)24-22-15-7-18(27-3)19(28-4)8-17(15)25-13(2)26-22/h5-8,10-12H,1-4H3,(H,24,25,26). The van der Waals surface area contributed by atoms with Crippen molar-refractivity contribution in [2.45, 2.75) is 19.9 Å². The van der Waals surface area contributed by atoms with Gasteiger partial charge in [-0.1, -0.05) is 0 Å². The molecule has 1 atom stereocenters. The van der Waals surface area contributed by atoms with Gasteiger partial charge in [0, 0.05) is 37.5 Å². The largest absolute Gasteiger partial charge is 0.493 e. The van der Waals surface area contributed by atoms with E-state index in [0.717, 1.165) is 32.0 Å². The number of nitrogens with one attached hydrogen (secondary N) is 1. The third kappa shape index (κ3) is 3.70. The van der Waals surface area contributed by atoms with E-state index in [1.165, 1.54) is 0 Å². The number of methoxy groups -OCH3 is 2. The quantitative estimate of drug-likeness (QED) is 0.412. The van der Waals surface area contributed by atoms with Crippen LogP contribution in [0.5, 0.6) is 11.5 Å². The molecule has 30 heavy (non-hydrogen) atoms. The Morgan fingerprint density at radius 2 is 1.87 bits per heavy atom. The number of aryl methyl sites for hydroxylation is 1. The molecule has 3 aromatic heterocycles. The van der Waals surface area contributed by atoms with Gasteiger partial charge in [-0.15, -0.1) is 11.3 Å². The predicted octanol–water partition coefficient (Wildman–Crippen LogP) is 5.79. The number of nitriles is 1. The van der Waals surface area contributed by atoms with Crippen molar-refractivity contribution in [1.82, 2.24) is 9.97 Å². The maximum absolute atomic E-state index is 9.30. The first-order valence-electron chi connectivity index (χ1n) is 9.27. The molecule has 6 nitrogen and oxygen atoms in total. The summed E-state index contributed by atoms with van der Waals surface area (Å²) >= 11 is 3.22. The Morgan fingerprint density at radius 1 is 1.10 bits per heavy atom. The number of hydrogen-bond donors (Lipinski definition) is 1. The lowest BCUT2D eigenvalue weighted by atomic mass is 10.1. The van der Waals surface area contributed by atoms with Crippen LogP contribution in [0.3, 0.4) is 0 Å². The summed E-state index contributed by atoms with van der Waals surface area (Å²) in [5, 5.41) is 17.6. The van der Waals surface area contributed by atoms with Crippen LogP contribution in [0.4, 0.5) is 5.82 Å². The molecule has 0 aliphatic rings. The lowest BCUT2D eigenvalue weighted by Crippen LogP contribution is -2.08. The van der Waals surface area contributed by atoms with Crippen molar-refractivity contribution in [2.75, 3.05) is 19.5 Å². The molecule has 0 saturated carbocycles. The van der Waals surface area contributed by atoms with Gasteiger partial charge in [-0.3, -0.25) is 0 Å². The smallest absolute Gasteiger partial charge is 0.162 e. The number of aromatic nitrogens is 2. The number of thiophene rings is 2. The van der Waals surface area contributed by atoms with Gasteiger partial charge < -0.3 is 14.8 Å². The van der Waals surface area contributed by atoms with Crippen LogP contribution in [0, 0.1) is 18.3 Å². The summed E-state index contributed by atoms with van der Waals surface area (Å²) < 4.78 is 10.9. The molecule has 1 N–H and O–H groups in total. The van der Waals surface area contributed by atoms with Crippen LogP contribution in [0.25, 0.3) is 21.3 Å². The molecule has 0 bridgehead atoms. The van der Waals surface area contributed by atoms with Crippen molar-refractivity contribution in [3.05, 3.63) is 51.3 Å². The van der Waals surface area contributed by atoms with Gasteiger partial charge in [0.05, 0.1) is 31.3 Å². The summed E-state index contributed by atoms with van der Waals surface area (Å²) in [7, 11) is 3.22. The van der Waals surface area contributed by atoms with Crippen LogP contribution >= 0.6 is 22.7 Å². The monoisotopic (exact) mass is 436 g/mol. The molecule has 0 radical (unpaired) electrons. The molecule has 0 aliphatic heterocycles. The van der Waals surface area contributed by atoms with Crippen molar-refractivity contribution in [3.63, 3.8) is 0 Å². The van der Waals surface area contributed by atoms with E-state index in [1.54, 1.807) is 36.9 Å². The van der Waals surface area contributed by atoms with Gasteiger partial charge in [-0.2, -0.15) is 16.6 Å². The minimum absolute atomic E-state index is 0.0264. The van der Waals surface area contributed by atoms with E-state index in [2.05, 4.69) is 40.4 Å². The summed E-state index contributed by atoms with van der Waals surface area (Å²) in [4.78, 5) is 11.4. The summed E-state index contributed by atoms with van der Waals surface area (Å²) in [5.41, 5.74) is 2.50. The van der Waals surface area contributed by atoms with Gasteiger partial charge in [0.15, 0.2) is 11.5 Å². The van der Waals surface area contributed by atoms with Crippen LogP contribution < -0.4 is 14.8 Å². The van der Waals surface area contributed by atoms with Gasteiger partial charge in [0.1, 0.15) is 17.7 Å². The highest BCUT2D eigenvalue weighted by Gasteiger charge is 2.17. The van der Waals surface area contributed by atoms with E-state index in [-0.39, 0.29) is 6.04 Å². The second-order valence-electron chi connectivity index (χ2n) is 6.72. The van der Waals surface area contributed by atoms with E-state index in [9.17, 15) is 5.26 Å². The molecule has 0 aliphatic carbocycles. The first-order valence-corrected chi connectivity index (χ1v) is 11.0. The van der Waals surface area contributed by atoms with Crippen LogP contribution in [-0.2, 0) is 0 Å². The average Bonchev–Trinajstić information content (AvgIpc) is 3.41. The Balaban J connectivity index is 1.68. The number of hydrogen-bond acceptors (Lipinski definition) is 8. The highest BCUT2D eigenvalue weighted by atomic mass is 32.1. The van der Waals surface area contributed by atoms with E-state index in [4.69, 9.17) is 9.47 Å². The number of rotatable bonds is 6. The van der Waals surface area contributed by atoms with Crippen molar-refractivity contribution in [1.29, 1.82) is 5.26 Å². The fourth-order valence-electron chi connectivity index (χ4n) is 3.26. The molecular formula is C22H20N4O2S2. The molecule has 0 amide bonds. The SMILES string of the molecule is COc1cc2nc(C)nc(NC(C)c3ccc(-c4cscc4C#N)s3)c2cc1OC. The van der Waals surface area contributed by atoms with Gasteiger partial charge in [0.25, 0.3) is 0 Å². The number of nitrogens with zero attached hydrogens (tertiary/aromatic N) is 3. The number of anilines is 1. The zero-order valence-electron chi connectivity index (χ0n) is 17.0. The summed E-state index contributed by atoms with van der Waals surface area (Å²) in [6.45, 7) is 3.97. The molecule has 1 aromatic carbocycles. The van der Waals surface area contributed by atoms with E-state index < -0.39 is 0 Å². The van der Waals surface area contributed by atoms with Gasteiger partial charge in [0.2, 0.25) is 0 Å². The Kier molecular flexibility index (Phi) is 5.57. The van der Waals surface area contributed by atoms with Crippen LogP contribution in [0.15, 0.2) is 35.0 Å². The van der Waals surface area contributed by atoms with Crippen molar-refractivity contribution in [2.24, 2.45) is 0 Å². The second-order valence-corrected chi connectivity index (χ2v) is 8.58. The Labute approximate surface area is 182 Å². The molecule has 3 heterocycles. The fourth-order valence-corrected chi connectivity index (χ4v) is 5.15. The van der Waals surface area contributed by atoms with Crippen LogP contribution in [-0.4, -0.2) is 24.2 Å². The fraction of sp³-hybridized carbons (Fsp3) is 0.227. The van der Waals surface area contributed by atoms with Crippen LogP contribution in [0.2, 0.25) is 0 Å². The topological polar surface area (TPSA) is 80.1 Å². The first-order chi connectivity index (χ1) is 14.5. The molecular weight excluding hydrogens is 416 g/mol. The van der Waals surface area contributed by atoms with Crippen LogP contribution in [0.1, 0.15) is 29.2 Å². The lowest BCUT2D eigenvalue weighted by molar-refractivity contribution is 0.356. The van der Waals surface area contributed by atoms with E-state index in [1.807, 2.05) is 29.8 Å². The maximum atomic E-state index is 9.30. The summed E-state index contributed by atoms with van der Waals surface area (Å²) in [6, 6.07) is 10.2. The van der Waals surface area contributed by atoms with Gasteiger partial charge in [-0.25, -0.2) is 9.97 Å². The Morgan fingerprint density at radius 3 is 2.60 bits per heavy atom. The molecule has 0 spiro atoms. The van der Waals surface area contributed by atoms with E-state index in [0.29, 0.717) is 22.9 Å². The lowest BCUT2D eigenvalue weighted by Gasteiger charge is -2.16.